The molecule has 1 aromatic carbocycles. The fourth-order valence-corrected chi connectivity index (χ4v) is 3.03. The number of ether oxygens (including phenoxy) is 1. The molecule has 0 radical (unpaired) electrons. The summed E-state index contributed by atoms with van der Waals surface area (Å²) in [5.74, 6) is 0.0381. The van der Waals surface area contributed by atoms with E-state index >= 15 is 0 Å². The number of benzene rings is 1. The summed E-state index contributed by atoms with van der Waals surface area (Å²) in [6.45, 7) is 6.01. The molecule has 0 aliphatic carbocycles. The first-order chi connectivity index (χ1) is 14.4. The highest BCUT2D eigenvalue weighted by atomic mass is 16.6. The topological polar surface area (TPSA) is 112 Å². The van der Waals surface area contributed by atoms with Crippen molar-refractivity contribution in [2.75, 3.05) is 12.0 Å². The number of nitro groups is 1. The second-order valence-corrected chi connectivity index (χ2v) is 6.46. The van der Waals surface area contributed by atoms with Crippen molar-refractivity contribution >= 4 is 23.7 Å². The highest BCUT2D eigenvalue weighted by molar-refractivity contribution is 5.90. The van der Waals surface area contributed by atoms with E-state index in [4.69, 9.17) is 4.74 Å². The first-order valence-electron chi connectivity index (χ1n) is 9.26. The van der Waals surface area contributed by atoms with Crippen LogP contribution < -0.4 is 5.43 Å². The molecule has 2 heterocycles. The molecule has 0 saturated heterocycles. The van der Waals surface area contributed by atoms with Crippen molar-refractivity contribution in [1.29, 1.82) is 0 Å². The van der Waals surface area contributed by atoms with Crippen molar-refractivity contribution < 1.29 is 14.5 Å². The molecule has 0 fully saturated rings. The van der Waals surface area contributed by atoms with Crippen molar-refractivity contribution in [2.24, 2.45) is 5.10 Å². The summed E-state index contributed by atoms with van der Waals surface area (Å²) >= 11 is 0. The van der Waals surface area contributed by atoms with E-state index in [2.05, 4.69) is 15.5 Å². The van der Waals surface area contributed by atoms with Crippen molar-refractivity contribution in [3.63, 3.8) is 0 Å². The number of rotatable bonds is 7. The lowest BCUT2D eigenvalue weighted by atomic mass is 10.2. The van der Waals surface area contributed by atoms with Gasteiger partial charge in [0.15, 0.2) is 0 Å². The lowest BCUT2D eigenvalue weighted by Crippen LogP contribution is -2.06. The molecule has 154 valence electrons. The van der Waals surface area contributed by atoms with Gasteiger partial charge in [-0.3, -0.25) is 15.5 Å². The molecule has 30 heavy (non-hydrogen) atoms. The number of aryl methyl sites for hydroxylation is 1. The normalized spacial score (nSPS) is 10.9. The summed E-state index contributed by atoms with van der Waals surface area (Å²) in [5.41, 5.74) is 6.80. The van der Waals surface area contributed by atoms with E-state index in [1.165, 1.54) is 18.3 Å². The van der Waals surface area contributed by atoms with Gasteiger partial charge in [-0.05, 0) is 51.1 Å². The predicted octanol–water partition coefficient (Wildman–Crippen LogP) is 4.02. The number of hydrogen-bond acceptors (Lipinski definition) is 7. The molecule has 0 aliphatic heterocycles. The maximum absolute atomic E-state index is 12.0. The van der Waals surface area contributed by atoms with Crippen LogP contribution in [-0.2, 0) is 4.74 Å². The Morgan fingerprint density at radius 1 is 1.30 bits per heavy atom. The van der Waals surface area contributed by atoms with Gasteiger partial charge in [0, 0.05) is 28.7 Å². The largest absolute Gasteiger partial charge is 0.462 e. The molecule has 0 aliphatic rings. The van der Waals surface area contributed by atoms with E-state index in [1.807, 2.05) is 36.6 Å². The van der Waals surface area contributed by atoms with Crippen molar-refractivity contribution in [3.05, 3.63) is 81.3 Å². The molecular formula is C21H21N5O4. The monoisotopic (exact) mass is 407 g/mol. The number of carbonyl (C=O) groups excluding carboxylic acids is 1. The molecule has 0 saturated carbocycles. The third-order valence-corrected chi connectivity index (χ3v) is 4.43. The molecule has 3 aromatic rings. The van der Waals surface area contributed by atoms with Crippen LogP contribution in [0.5, 0.6) is 0 Å². The van der Waals surface area contributed by atoms with Crippen molar-refractivity contribution in [3.8, 4) is 5.69 Å². The maximum atomic E-state index is 12.0. The van der Waals surface area contributed by atoms with Crippen LogP contribution in [0.25, 0.3) is 5.69 Å². The average Bonchev–Trinajstić information content (AvgIpc) is 3.02. The van der Waals surface area contributed by atoms with Crippen LogP contribution in [0.15, 0.2) is 53.8 Å². The lowest BCUT2D eigenvalue weighted by molar-refractivity contribution is -0.385. The Bertz CT molecular complexity index is 1100. The fraction of sp³-hybridized carbons (Fsp3) is 0.190. The molecule has 1 N–H and O–H groups in total. The van der Waals surface area contributed by atoms with Crippen LogP contribution in [0.1, 0.15) is 34.2 Å². The molecule has 0 spiro atoms. The lowest BCUT2D eigenvalue weighted by Gasteiger charge is -2.11. The van der Waals surface area contributed by atoms with E-state index in [0.717, 1.165) is 22.6 Å². The Morgan fingerprint density at radius 2 is 2.10 bits per heavy atom. The number of pyridine rings is 1. The molecule has 9 nitrogen and oxygen atoms in total. The Kier molecular flexibility index (Phi) is 6.21. The van der Waals surface area contributed by atoms with Crippen LogP contribution in [0, 0.1) is 24.0 Å². The van der Waals surface area contributed by atoms with Crippen molar-refractivity contribution in [2.45, 2.75) is 20.8 Å². The second-order valence-electron chi connectivity index (χ2n) is 6.46. The van der Waals surface area contributed by atoms with E-state index < -0.39 is 4.92 Å². The van der Waals surface area contributed by atoms with Gasteiger partial charge in [0.1, 0.15) is 12.0 Å². The predicted molar refractivity (Wildman–Crippen MR) is 113 cm³/mol. The zero-order valence-electron chi connectivity index (χ0n) is 16.8. The molecule has 2 aromatic heterocycles. The van der Waals surface area contributed by atoms with Crippen LogP contribution >= 0.6 is 0 Å². The minimum Gasteiger partial charge on any atom is -0.462 e. The van der Waals surface area contributed by atoms with Gasteiger partial charge in [-0.15, -0.1) is 0 Å². The number of carbonyl (C=O) groups is 1. The minimum absolute atomic E-state index is 0.0851. The van der Waals surface area contributed by atoms with E-state index in [1.54, 1.807) is 25.3 Å². The highest BCUT2D eigenvalue weighted by Gasteiger charge is 2.12. The highest BCUT2D eigenvalue weighted by Crippen LogP contribution is 2.21. The first kappa shape index (κ1) is 20.7. The number of hydrogen-bond donors (Lipinski definition) is 1. The maximum Gasteiger partial charge on any atom is 0.338 e. The van der Waals surface area contributed by atoms with Gasteiger partial charge in [-0.25, -0.2) is 9.78 Å². The Labute approximate surface area is 173 Å². The third-order valence-electron chi connectivity index (χ3n) is 4.43. The number of anilines is 1. The summed E-state index contributed by atoms with van der Waals surface area (Å²) in [6.07, 6.45) is 2.82. The van der Waals surface area contributed by atoms with Gasteiger partial charge in [0.25, 0.3) is 5.69 Å². The standard InChI is InChI=1S/C21H21N5O4/c1-4-30-21(27)16-6-5-7-18(11-16)25-14(2)10-17(15(25)3)12-23-24-20-9-8-19(13-22-20)26(28)29/h5-13H,4H2,1-3H3,(H,22,24)/b23-12+. The summed E-state index contributed by atoms with van der Waals surface area (Å²) < 4.78 is 7.10. The molecule has 0 bridgehead atoms. The smallest absolute Gasteiger partial charge is 0.338 e. The fourth-order valence-electron chi connectivity index (χ4n) is 3.03. The summed E-state index contributed by atoms with van der Waals surface area (Å²) in [5, 5.41) is 14.8. The molecule has 9 heteroatoms. The Balaban J connectivity index is 1.80. The number of nitrogens with zero attached hydrogens (tertiary/aromatic N) is 4. The summed E-state index contributed by atoms with van der Waals surface area (Å²) in [6, 6.07) is 12.1. The molecule has 0 atom stereocenters. The van der Waals surface area contributed by atoms with Gasteiger partial charge in [-0.2, -0.15) is 5.10 Å². The van der Waals surface area contributed by atoms with Crippen LogP contribution in [0.4, 0.5) is 11.5 Å². The molecule has 3 rings (SSSR count). The Hall–Kier alpha value is -4.01. The summed E-state index contributed by atoms with van der Waals surface area (Å²) in [4.78, 5) is 26.2. The average molecular weight is 407 g/mol. The summed E-state index contributed by atoms with van der Waals surface area (Å²) in [7, 11) is 0. The van der Waals surface area contributed by atoms with Gasteiger partial charge in [0.2, 0.25) is 0 Å². The zero-order valence-corrected chi connectivity index (χ0v) is 16.8. The van der Waals surface area contributed by atoms with Crippen LogP contribution in [0.3, 0.4) is 0 Å². The molecule has 0 amide bonds. The quantitative estimate of drug-likeness (QED) is 0.274. The van der Waals surface area contributed by atoms with Gasteiger partial charge >= 0.3 is 5.97 Å². The van der Waals surface area contributed by atoms with Crippen molar-refractivity contribution in [1.82, 2.24) is 9.55 Å². The minimum atomic E-state index is -0.508. The molecular weight excluding hydrogens is 386 g/mol. The molecule has 0 unspecified atom stereocenters. The first-order valence-corrected chi connectivity index (χ1v) is 9.26. The van der Waals surface area contributed by atoms with E-state index in [9.17, 15) is 14.9 Å². The number of esters is 1. The Morgan fingerprint density at radius 3 is 2.77 bits per heavy atom. The van der Waals surface area contributed by atoms with E-state index in [0.29, 0.717) is 18.0 Å². The number of hydrazone groups is 1. The second kappa shape index (κ2) is 8.99. The van der Waals surface area contributed by atoms with Gasteiger partial charge < -0.3 is 9.30 Å². The van der Waals surface area contributed by atoms with E-state index in [-0.39, 0.29) is 11.7 Å². The van der Waals surface area contributed by atoms with Gasteiger partial charge in [0.05, 0.1) is 23.3 Å². The van der Waals surface area contributed by atoms with Crippen LogP contribution in [-0.4, -0.2) is 33.3 Å². The number of aromatic nitrogens is 2. The van der Waals surface area contributed by atoms with Gasteiger partial charge in [-0.1, -0.05) is 6.07 Å². The third kappa shape index (κ3) is 4.52. The van der Waals surface area contributed by atoms with Crippen LogP contribution in [0.2, 0.25) is 0 Å². The number of nitrogens with one attached hydrogen (secondary N) is 1. The SMILES string of the molecule is CCOC(=O)c1cccc(-n2c(C)cc(/C=N/Nc3ccc([N+](=O)[O-])cn3)c2C)c1. The zero-order chi connectivity index (χ0) is 21.7.